The maximum absolute atomic E-state index is 12.3. The maximum atomic E-state index is 12.3. The van der Waals surface area contributed by atoms with E-state index in [9.17, 15) is 4.79 Å². The molecule has 1 aliphatic heterocycles. The first-order valence-corrected chi connectivity index (χ1v) is 7.62. The molecule has 2 heterocycles. The van der Waals surface area contributed by atoms with Crippen molar-refractivity contribution in [3.8, 4) is 0 Å². The maximum Gasteiger partial charge on any atom is 0.251 e. The summed E-state index contributed by atoms with van der Waals surface area (Å²) >= 11 is 1.70. The average molecular weight is 274 g/mol. The van der Waals surface area contributed by atoms with Gasteiger partial charge in [0.05, 0.1) is 0 Å². The van der Waals surface area contributed by atoms with Crippen molar-refractivity contribution in [3.05, 3.63) is 35.2 Å². The lowest BCUT2D eigenvalue weighted by molar-refractivity contribution is 0.0926. The predicted molar refractivity (Wildman–Crippen MR) is 79.8 cm³/mol. The van der Waals surface area contributed by atoms with Crippen LogP contribution >= 0.6 is 11.3 Å². The molecule has 2 aromatic rings. The lowest BCUT2D eigenvalue weighted by Gasteiger charge is -2.28. The van der Waals surface area contributed by atoms with E-state index >= 15 is 0 Å². The first kappa shape index (κ1) is 12.6. The number of benzene rings is 1. The summed E-state index contributed by atoms with van der Waals surface area (Å²) in [5.41, 5.74) is 0.761. The topological polar surface area (TPSA) is 41.1 Å². The number of nitrogens with one attached hydrogen (secondary N) is 2. The number of piperidine rings is 1. The number of amides is 1. The van der Waals surface area contributed by atoms with Gasteiger partial charge in [-0.25, -0.2) is 0 Å². The largest absolute Gasteiger partial charge is 0.349 e. The Kier molecular flexibility index (Phi) is 3.53. The quantitative estimate of drug-likeness (QED) is 0.884. The molecule has 2 N–H and O–H groups in total. The van der Waals surface area contributed by atoms with Gasteiger partial charge < -0.3 is 10.6 Å². The van der Waals surface area contributed by atoms with Crippen LogP contribution in [0.15, 0.2) is 29.6 Å². The lowest BCUT2D eigenvalue weighted by atomic mass is 10.00. The highest BCUT2D eigenvalue weighted by Gasteiger charge is 2.20. The summed E-state index contributed by atoms with van der Waals surface area (Å²) < 4.78 is 1.23. The first-order chi connectivity index (χ1) is 9.22. The number of hydrogen-bond donors (Lipinski definition) is 2. The lowest BCUT2D eigenvalue weighted by Crippen LogP contribution is -2.46. The van der Waals surface area contributed by atoms with Crippen molar-refractivity contribution < 1.29 is 4.79 Å². The van der Waals surface area contributed by atoms with Gasteiger partial charge in [0.25, 0.3) is 5.91 Å². The van der Waals surface area contributed by atoms with Crippen LogP contribution < -0.4 is 10.6 Å². The molecule has 0 spiro atoms. The molecular weight excluding hydrogens is 256 g/mol. The van der Waals surface area contributed by atoms with Gasteiger partial charge in [-0.3, -0.25) is 4.79 Å². The summed E-state index contributed by atoms with van der Waals surface area (Å²) in [7, 11) is 0. The summed E-state index contributed by atoms with van der Waals surface area (Å²) in [5, 5.41) is 9.75. The summed E-state index contributed by atoms with van der Waals surface area (Å²) in [6, 6.07) is 8.76. The van der Waals surface area contributed by atoms with Crippen molar-refractivity contribution in [3.63, 3.8) is 0 Å². The van der Waals surface area contributed by atoms with Crippen molar-refractivity contribution in [1.82, 2.24) is 10.6 Å². The van der Waals surface area contributed by atoms with Gasteiger partial charge >= 0.3 is 0 Å². The van der Waals surface area contributed by atoms with E-state index in [1.165, 1.54) is 4.70 Å². The highest BCUT2D eigenvalue weighted by molar-refractivity contribution is 7.17. The normalized spacial score (nSPS) is 23.4. The molecule has 1 aliphatic rings. The number of hydrogen-bond acceptors (Lipinski definition) is 3. The van der Waals surface area contributed by atoms with Crippen LogP contribution in [0, 0.1) is 0 Å². The van der Waals surface area contributed by atoms with Crippen molar-refractivity contribution in [2.75, 3.05) is 6.54 Å². The number of carbonyl (C=O) groups excluding carboxylic acids is 1. The van der Waals surface area contributed by atoms with E-state index in [2.05, 4.69) is 29.0 Å². The van der Waals surface area contributed by atoms with Gasteiger partial charge in [-0.05, 0) is 61.3 Å². The van der Waals surface area contributed by atoms with Crippen LogP contribution in [0.4, 0.5) is 0 Å². The van der Waals surface area contributed by atoms with Gasteiger partial charge in [-0.1, -0.05) is 0 Å². The summed E-state index contributed by atoms with van der Waals surface area (Å²) in [4.78, 5) is 12.3. The second-order valence-electron chi connectivity index (χ2n) is 5.22. The average Bonchev–Trinajstić information content (AvgIpc) is 2.85. The zero-order valence-electron chi connectivity index (χ0n) is 11.0. The van der Waals surface area contributed by atoms with E-state index in [0.717, 1.165) is 30.3 Å². The van der Waals surface area contributed by atoms with Crippen LogP contribution in [0.2, 0.25) is 0 Å². The highest BCUT2D eigenvalue weighted by Crippen LogP contribution is 2.22. The highest BCUT2D eigenvalue weighted by atomic mass is 32.1. The minimum absolute atomic E-state index is 0.0483. The summed E-state index contributed by atoms with van der Waals surface area (Å²) in [5.74, 6) is 0.0483. The molecule has 0 radical (unpaired) electrons. The Hall–Kier alpha value is -1.39. The van der Waals surface area contributed by atoms with E-state index in [4.69, 9.17) is 0 Å². The second-order valence-corrected chi connectivity index (χ2v) is 6.17. The van der Waals surface area contributed by atoms with Crippen molar-refractivity contribution in [2.45, 2.75) is 31.8 Å². The number of carbonyl (C=O) groups is 1. The Morgan fingerprint density at radius 3 is 3.16 bits per heavy atom. The first-order valence-electron chi connectivity index (χ1n) is 6.74. The van der Waals surface area contributed by atoms with Crippen LogP contribution in [0.3, 0.4) is 0 Å². The molecule has 2 unspecified atom stereocenters. The number of rotatable bonds is 2. The molecule has 100 valence electrons. The zero-order valence-corrected chi connectivity index (χ0v) is 11.8. The molecule has 3 nitrogen and oxygen atoms in total. The van der Waals surface area contributed by atoms with Gasteiger partial charge in [0.15, 0.2) is 0 Å². The van der Waals surface area contributed by atoms with Crippen LogP contribution in [0.1, 0.15) is 30.1 Å². The fraction of sp³-hybridized carbons (Fsp3) is 0.400. The second kappa shape index (κ2) is 5.31. The molecule has 19 heavy (non-hydrogen) atoms. The fourth-order valence-electron chi connectivity index (χ4n) is 2.64. The van der Waals surface area contributed by atoms with Crippen LogP contribution in [0.5, 0.6) is 0 Å². The van der Waals surface area contributed by atoms with Crippen LogP contribution in [-0.4, -0.2) is 24.5 Å². The van der Waals surface area contributed by atoms with E-state index in [0.29, 0.717) is 12.1 Å². The molecule has 1 aromatic heterocycles. The van der Waals surface area contributed by atoms with E-state index in [1.54, 1.807) is 11.3 Å². The van der Waals surface area contributed by atoms with Gasteiger partial charge in [0, 0.05) is 22.3 Å². The van der Waals surface area contributed by atoms with E-state index in [-0.39, 0.29) is 5.91 Å². The smallest absolute Gasteiger partial charge is 0.251 e. The Labute approximate surface area is 117 Å². The van der Waals surface area contributed by atoms with Gasteiger partial charge in [-0.2, -0.15) is 0 Å². The van der Waals surface area contributed by atoms with Gasteiger partial charge in [-0.15, -0.1) is 11.3 Å². The molecular formula is C15H18N2OS. The minimum atomic E-state index is 0.0483. The summed E-state index contributed by atoms with van der Waals surface area (Å²) in [6.07, 6.45) is 2.02. The van der Waals surface area contributed by atoms with Crippen LogP contribution in [0.25, 0.3) is 10.1 Å². The standard InChI is InChI=1S/C15H18N2OS/c1-10-8-13(4-6-16-10)17-15(18)12-2-3-14-11(9-12)5-7-19-14/h2-3,5,7,9-10,13,16H,4,6,8H2,1H3,(H,17,18). The molecule has 4 heteroatoms. The van der Waals surface area contributed by atoms with E-state index in [1.807, 2.05) is 18.2 Å². The van der Waals surface area contributed by atoms with Crippen molar-refractivity contribution >= 4 is 27.3 Å². The molecule has 1 fully saturated rings. The monoisotopic (exact) mass is 274 g/mol. The summed E-state index contributed by atoms with van der Waals surface area (Å²) in [6.45, 7) is 3.14. The van der Waals surface area contributed by atoms with Crippen molar-refractivity contribution in [2.24, 2.45) is 0 Å². The third-order valence-electron chi connectivity index (χ3n) is 3.67. The SMILES string of the molecule is CC1CC(NC(=O)c2ccc3sccc3c2)CCN1. The van der Waals surface area contributed by atoms with Gasteiger partial charge in [0.1, 0.15) is 0 Å². The third kappa shape index (κ3) is 2.80. The molecule has 1 amide bonds. The molecule has 0 bridgehead atoms. The Bertz CT molecular complexity index is 593. The molecule has 1 aromatic carbocycles. The molecule has 1 saturated heterocycles. The number of fused-ring (bicyclic) bond motifs is 1. The van der Waals surface area contributed by atoms with E-state index < -0.39 is 0 Å². The Morgan fingerprint density at radius 1 is 1.42 bits per heavy atom. The Balaban J connectivity index is 1.72. The fourth-order valence-corrected chi connectivity index (χ4v) is 3.41. The molecule has 3 rings (SSSR count). The Morgan fingerprint density at radius 2 is 2.32 bits per heavy atom. The predicted octanol–water partition coefficient (Wildman–Crippen LogP) is 2.77. The van der Waals surface area contributed by atoms with Gasteiger partial charge in [0.2, 0.25) is 0 Å². The van der Waals surface area contributed by atoms with Crippen LogP contribution in [-0.2, 0) is 0 Å². The molecule has 0 saturated carbocycles. The molecule has 2 atom stereocenters. The third-order valence-corrected chi connectivity index (χ3v) is 4.57. The zero-order chi connectivity index (χ0) is 13.2. The van der Waals surface area contributed by atoms with Crippen molar-refractivity contribution in [1.29, 1.82) is 0 Å². The molecule has 0 aliphatic carbocycles. The minimum Gasteiger partial charge on any atom is -0.349 e. The number of thiophene rings is 1.